The Labute approximate surface area is 318 Å². The summed E-state index contributed by atoms with van der Waals surface area (Å²) >= 11 is 0. The average molecular weight is 762 g/mol. The van der Waals surface area contributed by atoms with Gasteiger partial charge in [-0.05, 0) is 42.7 Å². The van der Waals surface area contributed by atoms with Crippen molar-refractivity contribution in [3.05, 3.63) is 82.9 Å². The number of benzene rings is 2. The monoisotopic (exact) mass is 761 g/mol. The molecule has 6 N–H and O–H groups in total. The van der Waals surface area contributed by atoms with Crippen molar-refractivity contribution in [1.29, 1.82) is 0 Å². The van der Waals surface area contributed by atoms with Gasteiger partial charge in [-0.3, -0.25) is 4.79 Å². The second-order valence-corrected chi connectivity index (χ2v) is 15.6. The number of carbonyl (C=O) groups is 4. The van der Waals surface area contributed by atoms with Crippen LogP contribution in [-0.4, -0.2) is 110 Å². The predicted octanol–water partition coefficient (Wildman–Crippen LogP) is 1.91. The van der Waals surface area contributed by atoms with Gasteiger partial charge in [-0.25, -0.2) is 14.4 Å². The van der Waals surface area contributed by atoms with Crippen LogP contribution in [0.1, 0.15) is 68.9 Å². The number of amides is 1. The van der Waals surface area contributed by atoms with Crippen LogP contribution in [0.2, 0.25) is 0 Å². The largest absolute Gasteiger partial charge is 0.456 e. The van der Waals surface area contributed by atoms with Crippen LogP contribution in [0.15, 0.2) is 71.8 Å². The van der Waals surface area contributed by atoms with Crippen molar-refractivity contribution in [2.75, 3.05) is 13.2 Å². The van der Waals surface area contributed by atoms with Crippen molar-refractivity contribution < 1.29 is 63.7 Å². The first-order chi connectivity index (χ1) is 25.9. The number of rotatable bonds is 9. The molecular weight excluding hydrogens is 714 g/mol. The molecule has 4 aliphatic rings. The van der Waals surface area contributed by atoms with Gasteiger partial charge in [0.2, 0.25) is 0 Å². The molecule has 14 heteroatoms. The van der Waals surface area contributed by atoms with E-state index in [2.05, 4.69) is 11.2 Å². The summed E-state index contributed by atoms with van der Waals surface area (Å²) in [5.41, 5.74) is -7.29. The minimum Gasteiger partial charge on any atom is -0.456 e. The van der Waals surface area contributed by atoms with E-state index >= 15 is 0 Å². The number of hydrogen-bond acceptors (Lipinski definition) is 13. The smallest absolute Gasteiger partial charge is 0.407 e. The highest BCUT2D eigenvalue weighted by Crippen LogP contribution is 2.63. The second-order valence-electron chi connectivity index (χ2n) is 15.6. The molecule has 2 aromatic carbocycles. The average Bonchev–Trinajstić information content (AvgIpc) is 3.16. The molecule has 0 aromatic heterocycles. The number of ether oxygens (including phenoxy) is 4. The number of Topliss-reactive ketones (excluding diaryl/α,β-unsaturated/α-hetero) is 1. The SMILES string of the molecule is C#CCCOC(=O)N[C@@H](c1ccccc1)[C@@H](O)C(=O)OC1C[C@@]2(O)[C@@H](OC(=O)c3ccccc3)[C@@H]3[C@]4(O)CO[C@@H]4C[C@H](O)[C@@]3(C)C(=O)[C@H](O)C(=C1C)C2(C)C. The number of aliphatic hydroxyl groups excluding tert-OH is 3. The summed E-state index contributed by atoms with van der Waals surface area (Å²) in [7, 11) is 0. The van der Waals surface area contributed by atoms with Crippen LogP contribution < -0.4 is 5.32 Å². The topological polar surface area (TPSA) is 218 Å². The molecule has 0 spiro atoms. The van der Waals surface area contributed by atoms with Gasteiger partial charge in [0.25, 0.3) is 0 Å². The van der Waals surface area contributed by atoms with Crippen molar-refractivity contribution in [2.24, 2.45) is 16.7 Å². The lowest BCUT2D eigenvalue weighted by molar-refractivity contribution is -0.343. The summed E-state index contributed by atoms with van der Waals surface area (Å²) in [5.74, 6) is -2.25. The minimum atomic E-state index is -2.32. The van der Waals surface area contributed by atoms with Crippen molar-refractivity contribution in [3.63, 3.8) is 0 Å². The zero-order chi connectivity index (χ0) is 40.1. The molecule has 14 nitrogen and oxygen atoms in total. The van der Waals surface area contributed by atoms with Gasteiger partial charge in [0.15, 0.2) is 11.9 Å². The van der Waals surface area contributed by atoms with Gasteiger partial charge in [-0.2, -0.15) is 0 Å². The Bertz CT molecular complexity index is 1890. The van der Waals surface area contributed by atoms with Crippen LogP contribution in [-0.2, 0) is 28.5 Å². The van der Waals surface area contributed by atoms with E-state index in [0.29, 0.717) is 5.56 Å². The molecule has 1 heterocycles. The maximum absolute atomic E-state index is 14.7. The van der Waals surface area contributed by atoms with Crippen molar-refractivity contribution in [3.8, 4) is 12.3 Å². The Morgan fingerprint density at radius 1 is 1.02 bits per heavy atom. The Balaban J connectivity index is 1.44. The zero-order valence-corrected chi connectivity index (χ0v) is 31.0. The number of nitrogens with one attached hydrogen (secondary N) is 1. The van der Waals surface area contributed by atoms with E-state index in [-0.39, 0.29) is 42.8 Å². The molecule has 6 rings (SSSR count). The molecule has 2 saturated carbocycles. The molecular formula is C41H47NO13. The third kappa shape index (κ3) is 6.52. The number of esters is 2. The van der Waals surface area contributed by atoms with Gasteiger partial charge in [0, 0.05) is 30.6 Å². The molecule has 1 unspecified atom stereocenters. The minimum absolute atomic E-state index is 0.0556. The van der Waals surface area contributed by atoms with E-state index < -0.39 is 101 Å². The van der Waals surface area contributed by atoms with Crippen LogP contribution in [0, 0.1) is 29.1 Å². The van der Waals surface area contributed by atoms with E-state index in [4.69, 9.17) is 25.4 Å². The quantitative estimate of drug-likeness (QED) is 0.0709. The molecule has 2 aromatic rings. The summed E-state index contributed by atoms with van der Waals surface area (Å²) in [6.07, 6.45) is -6.03. The Hall–Kier alpha value is -4.62. The molecule has 3 fully saturated rings. The molecule has 2 bridgehead atoms. The Morgan fingerprint density at radius 3 is 2.25 bits per heavy atom. The molecule has 1 amide bonds. The summed E-state index contributed by atoms with van der Waals surface area (Å²) in [5, 5.41) is 63.0. The van der Waals surface area contributed by atoms with E-state index in [0.717, 1.165) is 0 Å². The lowest BCUT2D eigenvalue weighted by atomic mass is 9.44. The maximum atomic E-state index is 14.7. The third-order valence-corrected chi connectivity index (χ3v) is 12.3. The first kappa shape index (κ1) is 40.1. The van der Waals surface area contributed by atoms with Crippen LogP contribution in [0.4, 0.5) is 4.79 Å². The highest BCUT2D eigenvalue weighted by atomic mass is 16.6. The van der Waals surface area contributed by atoms with Crippen molar-refractivity contribution >= 4 is 23.8 Å². The molecule has 55 heavy (non-hydrogen) atoms. The van der Waals surface area contributed by atoms with E-state index in [1.165, 1.54) is 26.0 Å². The van der Waals surface area contributed by atoms with Gasteiger partial charge in [0.1, 0.15) is 36.1 Å². The lowest BCUT2D eigenvalue weighted by Gasteiger charge is -2.66. The van der Waals surface area contributed by atoms with E-state index in [1.807, 2.05) is 0 Å². The molecule has 294 valence electrons. The number of alkyl carbamates (subject to hydrolysis) is 1. The normalized spacial score (nSPS) is 34.5. The van der Waals surface area contributed by atoms with Gasteiger partial charge in [-0.1, -0.05) is 62.4 Å². The highest BCUT2D eigenvalue weighted by Gasteiger charge is 2.76. The predicted molar refractivity (Wildman–Crippen MR) is 193 cm³/mol. The number of fused-ring (bicyclic) bond motifs is 5. The summed E-state index contributed by atoms with van der Waals surface area (Å²) in [4.78, 5) is 55.2. The van der Waals surface area contributed by atoms with Gasteiger partial charge < -0.3 is 49.8 Å². The first-order valence-electron chi connectivity index (χ1n) is 18.2. The fourth-order valence-electron chi connectivity index (χ4n) is 9.10. The summed E-state index contributed by atoms with van der Waals surface area (Å²) < 4.78 is 22.8. The molecule has 0 radical (unpaired) electrons. The lowest BCUT2D eigenvalue weighted by Crippen LogP contribution is -2.81. The van der Waals surface area contributed by atoms with Gasteiger partial charge in [0.05, 0.1) is 35.8 Å². The zero-order valence-electron chi connectivity index (χ0n) is 31.0. The highest BCUT2D eigenvalue weighted by molar-refractivity contribution is 5.94. The van der Waals surface area contributed by atoms with Crippen LogP contribution in [0.3, 0.4) is 0 Å². The van der Waals surface area contributed by atoms with Crippen LogP contribution >= 0.6 is 0 Å². The second kappa shape index (κ2) is 14.8. The first-order valence-corrected chi connectivity index (χ1v) is 18.2. The Morgan fingerprint density at radius 2 is 1.65 bits per heavy atom. The molecule has 1 aliphatic heterocycles. The van der Waals surface area contributed by atoms with E-state index in [1.54, 1.807) is 62.4 Å². The number of hydrogen-bond donors (Lipinski definition) is 6. The van der Waals surface area contributed by atoms with Gasteiger partial charge >= 0.3 is 18.0 Å². The van der Waals surface area contributed by atoms with Crippen LogP contribution in [0.25, 0.3) is 0 Å². The fourth-order valence-corrected chi connectivity index (χ4v) is 9.10. The number of terminal acetylenes is 1. The standard InChI is InChI=1S/C41H47NO13/c1-6-7-18-52-37(49)42-29(23-14-10-8-11-15-23)31(45)36(48)54-25-20-41(51)34(55-35(47)24-16-12-9-13-17-24)32-39(5,26(43)19-27-40(32,50)21-53-27)33(46)30(44)28(22(25)2)38(41,3)4/h1,8-17,25-27,29-32,34,43-45,50-51H,7,18-21H2,2-5H3,(H,42,49)/t25?,26-,27+,29-,30+,31+,32-,34-,39+,40-,41+/m0/s1. The Kier molecular flexibility index (Phi) is 10.8. The number of ketones is 1. The third-order valence-electron chi connectivity index (χ3n) is 12.3. The van der Waals surface area contributed by atoms with Crippen LogP contribution in [0.5, 0.6) is 0 Å². The maximum Gasteiger partial charge on any atom is 0.407 e. The van der Waals surface area contributed by atoms with Gasteiger partial charge in [-0.15, -0.1) is 12.3 Å². The van der Waals surface area contributed by atoms with E-state index in [9.17, 15) is 44.7 Å². The van der Waals surface area contributed by atoms with Crippen molar-refractivity contribution in [2.45, 2.75) is 101 Å². The fraction of sp³-hybridized carbons (Fsp3) is 0.512. The molecule has 1 saturated heterocycles. The molecule has 3 aliphatic carbocycles. The van der Waals surface area contributed by atoms with Crippen molar-refractivity contribution in [1.82, 2.24) is 5.32 Å². The number of aliphatic hydroxyl groups is 5. The number of carbonyl (C=O) groups excluding carboxylic acids is 4. The summed E-state index contributed by atoms with van der Waals surface area (Å²) in [6.45, 7) is 5.51. The summed E-state index contributed by atoms with van der Waals surface area (Å²) in [6, 6.07) is 14.6. The molecule has 11 atom stereocenters.